The summed E-state index contributed by atoms with van der Waals surface area (Å²) in [6.07, 6.45) is 0.885. The third kappa shape index (κ3) is 5.03. The predicted molar refractivity (Wildman–Crippen MR) is 126 cm³/mol. The van der Waals surface area contributed by atoms with E-state index in [0.717, 1.165) is 22.3 Å². The van der Waals surface area contributed by atoms with E-state index in [0.29, 0.717) is 31.0 Å². The quantitative estimate of drug-likeness (QED) is 0.358. The Morgan fingerprint density at radius 1 is 0.971 bits per heavy atom. The van der Waals surface area contributed by atoms with E-state index in [1.54, 1.807) is 4.68 Å². The topological polar surface area (TPSA) is 85.2 Å². The molecule has 0 fully saturated rings. The number of tetrazole rings is 1. The minimum atomic E-state index is -3.04. The number of rotatable bonds is 8. The van der Waals surface area contributed by atoms with Crippen molar-refractivity contribution in [1.29, 1.82) is 0 Å². The number of benzene rings is 2. The fourth-order valence-corrected chi connectivity index (χ4v) is 3.85. The minimum Gasteiger partial charge on any atom is -0.245 e. The van der Waals surface area contributed by atoms with E-state index in [4.69, 9.17) is 0 Å². The summed E-state index contributed by atoms with van der Waals surface area (Å²) in [5.41, 5.74) is 3.40. The molecule has 0 radical (unpaired) electrons. The zero-order chi connectivity index (χ0) is 24.3. The molecule has 0 spiro atoms. The van der Waals surface area contributed by atoms with Crippen LogP contribution >= 0.6 is 0 Å². The summed E-state index contributed by atoms with van der Waals surface area (Å²) < 4.78 is 31.0. The van der Waals surface area contributed by atoms with Crippen LogP contribution in [0.3, 0.4) is 0 Å². The largest absolute Gasteiger partial charge is 0.308 e. The van der Waals surface area contributed by atoms with Crippen molar-refractivity contribution in [2.24, 2.45) is 0 Å². The molecule has 0 saturated carbocycles. The van der Waals surface area contributed by atoms with Gasteiger partial charge in [-0.05, 0) is 33.5 Å². The van der Waals surface area contributed by atoms with Crippen molar-refractivity contribution in [2.45, 2.75) is 64.8 Å². The normalized spacial score (nSPS) is 12.3. The number of aromatic amines is 1. The van der Waals surface area contributed by atoms with E-state index in [1.807, 2.05) is 76.2 Å². The molecule has 9 heteroatoms. The summed E-state index contributed by atoms with van der Waals surface area (Å²) in [6.45, 7) is 8.13. The van der Waals surface area contributed by atoms with Gasteiger partial charge in [-0.25, -0.2) is 14.8 Å². The molecular formula is C25H29F2N7. The van der Waals surface area contributed by atoms with E-state index >= 15 is 0 Å². The molecule has 178 valence electrons. The molecule has 7 nitrogen and oxygen atoms in total. The third-order valence-electron chi connectivity index (χ3n) is 5.64. The Morgan fingerprint density at radius 2 is 1.68 bits per heavy atom. The summed E-state index contributed by atoms with van der Waals surface area (Å²) in [5, 5.41) is 18.4. The van der Waals surface area contributed by atoms with Crippen molar-refractivity contribution in [3.05, 3.63) is 65.7 Å². The average Bonchev–Trinajstić information content (AvgIpc) is 3.49. The molecule has 0 aliphatic carbocycles. The van der Waals surface area contributed by atoms with Crippen LogP contribution in [0.4, 0.5) is 8.78 Å². The van der Waals surface area contributed by atoms with Crippen LogP contribution in [0.15, 0.2) is 48.5 Å². The second-order valence-corrected chi connectivity index (χ2v) is 9.47. The molecule has 0 bridgehead atoms. The molecule has 2 heterocycles. The van der Waals surface area contributed by atoms with Crippen LogP contribution in [0.2, 0.25) is 0 Å². The number of hydrogen-bond donors (Lipinski definition) is 1. The highest BCUT2D eigenvalue weighted by Gasteiger charge is 2.38. The second-order valence-electron chi connectivity index (χ2n) is 9.47. The first-order chi connectivity index (χ1) is 16.2. The van der Waals surface area contributed by atoms with Gasteiger partial charge in [0.1, 0.15) is 5.82 Å². The Labute approximate surface area is 197 Å². The zero-order valence-corrected chi connectivity index (χ0v) is 19.9. The van der Waals surface area contributed by atoms with E-state index in [-0.39, 0.29) is 6.42 Å². The molecule has 0 atom stereocenters. The van der Waals surface area contributed by atoms with Crippen LogP contribution < -0.4 is 0 Å². The molecule has 34 heavy (non-hydrogen) atoms. The standard InChI is InChI=1S/C25H29F2N7/c1-5-6-15-25(26,27)22-28-23(24(2,3)4)34(31-22)16-17-11-13-18(14-12-17)19-9-7-8-10-20(19)21-29-32-33-30-21/h7-14H,5-6,15-16H2,1-4H3,(H,29,30,32,33). The average molecular weight is 466 g/mol. The Bertz CT molecular complexity index is 1220. The number of H-pyrrole nitrogens is 1. The van der Waals surface area contributed by atoms with Gasteiger partial charge in [0.2, 0.25) is 5.82 Å². The number of halogens is 2. The Kier molecular flexibility index (Phi) is 6.54. The molecular weight excluding hydrogens is 436 g/mol. The van der Waals surface area contributed by atoms with Crippen LogP contribution in [0.5, 0.6) is 0 Å². The van der Waals surface area contributed by atoms with Gasteiger partial charge in [-0.1, -0.05) is 82.6 Å². The highest BCUT2D eigenvalue weighted by molar-refractivity contribution is 5.80. The van der Waals surface area contributed by atoms with E-state index < -0.39 is 17.2 Å². The highest BCUT2D eigenvalue weighted by atomic mass is 19.3. The van der Waals surface area contributed by atoms with Gasteiger partial charge in [-0.3, -0.25) is 0 Å². The molecule has 1 N–H and O–H groups in total. The van der Waals surface area contributed by atoms with Gasteiger partial charge in [0, 0.05) is 17.4 Å². The first-order valence-electron chi connectivity index (χ1n) is 11.4. The van der Waals surface area contributed by atoms with Gasteiger partial charge in [0.25, 0.3) is 0 Å². The summed E-state index contributed by atoms with van der Waals surface area (Å²) in [6, 6.07) is 15.8. The molecule has 0 aliphatic heterocycles. The number of nitrogens with zero attached hydrogens (tertiary/aromatic N) is 6. The van der Waals surface area contributed by atoms with E-state index in [2.05, 4.69) is 30.7 Å². The maximum absolute atomic E-state index is 14.7. The van der Waals surface area contributed by atoms with Crippen molar-refractivity contribution in [3.63, 3.8) is 0 Å². The van der Waals surface area contributed by atoms with Crippen molar-refractivity contribution in [3.8, 4) is 22.5 Å². The van der Waals surface area contributed by atoms with Crippen LogP contribution in [0.25, 0.3) is 22.5 Å². The second kappa shape index (κ2) is 9.40. The van der Waals surface area contributed by atoms with Gasteiger partial charge < -0.3 is 0 Å². The van der Waals surface area contributed by atoms with Crippen molar-refractivity contribution >= 4 is 0 Å². The molecule has 0 amide bonds. The minimum absolute atomic E-state index is 0.244. The number of alkyl halides is 2. The third-order valence-corrected chi connectivity index (χ3v) is 5.64. The highest BCUT2D eigenvalue weighted by Crippen LogP contribution is 2.34. The van der Waals surface area contributed by atoms with Crippen LogP contribution in [-0.4, -0.2) is 35.4 Å². The molecule has 2 aromatic heterocycles. The van der Waals surface area contributed by atoms with Crippen LogP contribution in [0.1, 0.15) is 64.2 Å². The molecule has 4 rings (SSSR count). The fraction of sp³-hybridized carbons (Fsp3) is 0.400. The summed E-state index contributed by atoms with van der Waals surface area (Å²) in [5.74, 6) is -2.29. The Morgan fingerprint density at radius 3 is 2.29 bits per heavy atom. The first kappa shape index (κ1) is 23.7. The number of nitrogens with one attached hydrogen (secondary N) is 1. The number of hydrogen-bond acceptors (Lipinski definition) is 5. The monoisotopic (exact) mass is 465 g/mol. The van der Waals surface area contributed by atoms with Crippen LogP contribution in [-0.2, 0) is 17.9 Å². The Balaban J connectivity index is 1.62. The van der Waals surface area contributed by atoms with Crippen molar-refractivity contribution in [2.75, 3.05) is 0 Å². The lowest BCUT2D eigenvalue weighted by Crippen LogP contribution is -2.20. The van der Waals surface area contributed by atoms with Crippen molar-refractivity contribution < 1.29 is 8.78 Å². The summed E-state index contributed by atoms with van der Waals surface area (Å²) in [4.78, 5) is 4.29. The number of unbranched alkanes of at least 4 members (excludes halogenated alkanes) is 1. The molecule has 4 aromatic rings. The van der Waals surface area contributed by atoms with Gasteiger partial charge in [-0.15, -0.1) is 10.2 Å². The van der Waals surface area contributed by atoms with Crippen LogP contribution in [0, 0.1) is 0 Å². The maximum Gasteiger partial charge on any atom is 0.308 e. The smallest absolute Gasteiger partial charge is 0.245 e. The van der Waals surface area contributed by atoms with Crippen molar-refractivity contribution in [1.82, 2.24) is 35.4 Å². The Hall–Kier alpha value is -3.49. The maximum atomic E-state index is 14.7. The predicted octanol–water partition coefficient (Wildman–Crippen LogP) is 5.75. The van der Waals surface area contributed by atoms with E-state index in [1.165, 1.54) is 0 Å². The summed E-state index contributed by atoms with van der Waals surface area (Å²) in [7, 11) is 0. The molecule has 0 saturated heterocycles. The summed E-state index contributed by atoms with van der Waals surface area (Å²) >= 11 is 0. The van der Waals surface area contributed by atoms with Gasteiger partial charge in [0.05, 0.1) is 6.54 Å². The molecule has 2 aromatic carbocycles. The number of aromatic nitrogens is 7. The molecule has 0 unspecified atom stereocenters. The zero-order valence-electron chi connectivity index (χ0n) is 19.9. The van der Waals surface area contributed by atoms with E-state index in [9.17, 15) is 8.78 Å². The lowest BCUT2D eigenvalue weighted by Gasteiger charge is -2.18. The lowest BCUT2D eigenvalue weighted by atomic mass is 9.95. The molecule has 0 aliphatic rings. The van der Waals surface area contributed by atoms with Gasteiger partial charge in [0.15, 0.2) is 5.82 Å². The van der Waals surface area contributed by atoms with Gasteiger partial charge >= 0.3 is 5.92 Å². The fourth-order valence-electron chi connectivity index (χ4n) is 3.85. The lowest BCUT2D eigenvalue weighted by molar-refractivity contribution is -0.0246. The first-order valence-corrected chi connectivity index (χ1v) is 11.4. The SMILES string of the molecule is CCCCC(F)(F)c1nc(C(C)(C)C)n(Cc2ccc(-c3ccccc3-c3nnn[nH]3)cc2)n1. The van der Waals surface area contributed by atoms with Gasteiger partial charge in [-0.2, -0.15) is 8.78 Å².